The zero-order chi connectivity index (χ0) is 30.5. The molecule has 0 aliphatic carbocycles. The van der Waals surface area contributed by atoms with Crippen molar-refractivity contribution in [2.24, 2.45) is 0 Å². The van der Waals surface area contributed by atoms with E-state index in [1.807, 2.05) is 60.7 Å². The molecule has 3 heteroatoms. The minimum absolute atomic E-state index is 0.650. The molecule has 0 fully saturated rings. The second-order valence-corrected chi connectivity index (χ2v) is 11.6. The molecule has 1 aromatic heterocycles. The van der Waals surface area contributed by atoms with Gasteiger partial charge in [0.2, 0.25) is 0 Å². The molecule has 9 aromatic rings. The van der Waals surface area contributed by atoms with Crippen LogP contribution >= 0.6 is 0 Å². The molecular formula is C43H27N3. The maximum absolute atomic E-state index is 5.08. The van der Waals surface area contributed by atoms with E-state index in [4.69, 9.17) is 15.0 Å². The van der Waals surface area contributed by atoms with Gasteiger partial charge in [-0.3, -0.25) is 0 Å². The lowest BCUT2D eigenvalue weighted by atomic mass is 9.89. The standard InChI is InChI=1S/C43H27N3/c1-3-13-30(14-4-1)41-44-42(31-15-5-2-6-16-31)46-43(45-41)39-20-10-9-19-33(39)37-21-11-17-29-23-25-36-35-24-22-28-12-7-8-18-32(28)34(35)26-27-38(36)40(29)37/h1-27H. The fourth-order valence-electron chi connectivity index (χ4n) is 6.76. The smallest absolute Gasteiger partial charge is 0.164 e. The van der Waals surface area contributed by atoms with Crippen molar-refractivity contribution >= 4 is 43.1 Å². The van der Waals surface area contributed by atoms with Crippen molar-refractivity contribution in [1.82, 2.24) is 15.0 Å². The van der Waals surface area contributed by atoms with Crippen molar-refractivity contribution in [3.05, 3.63) is 164 Å². The summed E-state index contributed by atoms with van der Waals surface area (Å²) in [6.07, 6.45) is 0. The third kappa shape index (κ3) is 4.33. The highest BCUT2D eigenvalue weighted by molar-refractivity contribution is 6.24. The van der Waals surface area contributed by atoms with Crippen molar-refractivity contribution in [2.45, 2.75) is 0 Å². The van der Waals surface area contributed by atoms with Crippen LogP contribution in [0.3, 0.4) is 0 Å². The topological polar surface area (TPSA) is 38.7 Å². The van der Waals surface area contributed by atoms with E-state index in [-0.39, 0.29) is 0 Å². The van der Waals surface area contributed by atoms with Gasteiger partial charge in [-0.25, -0.2) is 15.0 Å². The molecule has 8 aromatic carbocycles. The van der Waals surface area contributed by atoms with Crippen LogP contribution < -0.4 is 0 Å². The summed E-state index contributed by atoms with van der Waals surface area (Å²) in [6, 6.07) is 57.5. The van der Waals surface area contributed by atoms with Crippen LogP contribution in [-0.2, 0) is 0 Å². The van der Waals surface area contributed by atoms with Gasteiger partial charge in [0.25, 0.3) is 0 Å². The molecule has 0 aliphatic rings. The van der Waals surface area contributed by atoms with Crippen molar-refractivity contribution in [3.8, 4) is 45.3 Å². The summed E-state index contributed by atoms with van der Waals surface area (Å²) < 4.78 is 0. The van der Waals surface area contributed by atoms with Gasteiger partial charge in [-0.2, -0.15) is 0 Å². The first kappa shape index (κ1) is 26.2. The Morgan fingerprint density at radius 2 is 0.739 bits per heavy atom. The predicted octanol–water partition coefficient (Wildman–Crippen LogP) is 11.2. The summed E-state index contributed by atoms with van der Waals surface area (Å²) in [6.45, 7) is 0. The minimum atomic E-state index is 0.650. The summed E-state index contributed by atoms with van der Waals surface area (Å²) in [5.41, 5.74) is 5.12. The molecule has 0 saturated carbocycles. The summed E-state index contributed by atoms with van der Waals surface area (Å²) in [4.78, 5) is 15.1. The van der Waals surface area contributed by atoms with E-state index in [0.29, 0.717) is 17.5 Å². The number of hydrogen-bond acceptors (Lipinski definition) is 3. The molecule has 0 spiro atoms. The summed E-state index contributed by atoms with van der Waals surface area (Å²) >= 11 is 0. The summed E-state index contributed by atoms with van der Waals surface area (Å²) in [7, 11) is 0. The quantitative estimate of drug-likeness (QED) is 0.193. The van der Waals surface area contributed by atoms with Crippen LogP contribution in [0, 0.1) is 0 Å². The third-order valence-corrected chi connectivity index (χ3v) is 8.92. The van der Waals surface area contributed by atoms with Gasteiger partial charge in [0.05, 0.1) is 0 Å². The van der Waals surface area contributed by atoms with E-state index in [2.05, 4.69) is 103 Å². The monoisotopic (exact) mass is 585 g/mol. The number of rotatable bonds is 4. The molecule has 0 atom stereocenters. The van der Waals surface area contributed by atoms with Gasteiger partial charge in [-0.1, -0.05) is 164 Å². The van der Waals surface area contributed by atoms with Crippen LogP contribution in [-0.4, -0.2) is 15.0 Å². The Hall–Kier alpha value is -6.19. The average Bonchev–Trinajstić information content (AvgIpc) is 3.14. The fourth-order valence-corrected chi connectivity index (χ4v) is 6.76. The first-order valence-electron chi connectivity index (χ1n) is 15.5. The maximum Gasteiger partial charge on any atom is 0.164 e. The Morgan fingerprint density at radius 3 is 1.48 bits per heavy atom. The third-order valence-electron chi connectivity index (χ3n) is 8.92. The van der Waals surface area contributed by atoms with Crippen LogP contribution in [0.4, 0.5) is 0 Å². The second kappa shape index (κ2) is 10.8. The number of nitrogens with zero attached hydrogens (tertiary/aromatic N) is 3. The van der Waals surface area contributed by atoms with E-state index in [9.17, 15) is 0 Å². The molecule has 1 heterocycles. The average molecular weight is 586 g/mol. The highest BCUT2D eigenvalue weighted by atomic mass is 15.0. The Labute approximate surface area is 266 Å². The summed E-state index contributed by atoms with van der Waals surface area (Å²) in [5, 5.41) is 9.97. The molecule has 0 amide bonds. The van der Waals surface area contributed by atoms with Gasteiger partial charge >= 0.3 is 0 Å². The van der Waals surface area contributed by atoms with Crippen LogP contribution in [0.15, 0.2) is 164 Å². The van der Waals surface area contributed by atoms with Gasteiger partial charge in [0.15, 0.2) is 17.5 Å². The van der Waals surface area contributed by atoms with Gasteiger partial charge in [-0.05, 0) is 54.2 Å². The van der Waals surface area contributed by atoms with E-state index in [1.165, 1.54) is 43.1 Å². The molecule has 214 valence electrons. The molecular weight excluding hydrogens is 558 g/mol. The van der Waals surface area contributed by atoms with Crippen molar-refractivity contribution in [2.75, 3.05) is 0 Å². The van der Waals surface area contributed by atoms with Crippen LogP contribution in [0.25, 0.3) is 88.4 Å². The first-order valence-corrected chi connectivity index (χ1v) is 15.5. The van der Waals surface area contributed by atoms with Gasteiger partial charge in [0, 0.05) is 16.7 Å². The maximum atomic E-state index is 5.08. The fraction of sp³-hybridized carbons (Fsp3) is 0. The molecule has 3 nitrogen and oxygen atoms in total. The lowest BCUT2D eigenvalue weighted by molar-refractivity contribution is 1.07. The van der Waals surface area contributed by atoms with Gasteiger partial charge in [-0.15, -0.1) is 0 Å². The largest absolute Gasteiger partial charge is 0.208 e. The number of hydrogen-bond donors (Lipinski definition) is 0. The molecule has 0 N–H and O–H groups in total. The number of aromatic nitrogens is 3. The normalized spacial score (nSPS) is 11.5. The van der Waals surface area contributed by atoms with Crippen molar-refractivity contribution in [1.29, 1.82) is 0 Å². The Kier molecular flexibility index (Phi) is 6.14. The van der Waals surface area contributed by atoms with Gasteiger partial charge < -0.3 is 0 Å². The van der Waals surface area contributed by atoms with Crippen LogP contribution in [0.5, 0.6) is 0 Å². The molecule has 9 rings (SSSR count). The molecule has 0 saturated heterocycles. The highest BCUT2D eigenvalue weighted by Gasteiger charge is 2.18. The van der Waals surface area contributed by atoms with Crippen molar-refractivity contribution in [3.63, 3.8) is 0 Å². The minimum Gasteiger partial charge on any atom is -0.208 e. The highest BCUT2D eigenvalue weighted by Crippen LogP contribution is 2.41. The van der Waals surface area contributed by atoms with E-state index >= 15 is 0 Å². The second-order valence-electron chi connectivity index (χ2n) is 11.6. The Morgan fingerprint density at radius 1 is 0.261 bits per heavy atom. The number of fused-ring (bicyclic) bond motifs is 7. The Balaban J connectivity index is 1.30. The van der Waals surface area contributed by atoms with Crippen molar-refractivity contribution < 1.29 is 0 Å². The van der Waals surface area contributed by atoms with E-state index < -0.39 is 0 Å². The lowest BCUT2D eigenvalue weighted by Gasteiger charge is -2.16. The molecule has 0 aliphatic heterocycles. The molecule has 0 radical (unpaired) electrons. The molecule has 0 bridgehead atoms. The first-order chi connectivity index (χ1) is 22.8. The Bertz CT molecular complexity index is 2520. The van der Waals surface area contributed by atoms with Gasteiger partial charge in [0.1, 0.15) is 0 Å². The molecule has 46 heavy (non-hydrogen) atoms. The SMILES string of the molecule is c1ccc(-c2nc(-c3ccccc3)nc(-c3ccccc3-c3cccc4ccc5c6ccc7ccccc7c6ccc5c34)n2)cc1. The van der Waals surface area contributed by atoms with E-state index in [0.717, 1.165) is 27.8 Å². The number of benzene rings is 8. The lowest BCUT2D eigenvalue weighted by Crippen LogP contribution is -2.01. The predicted molar refractivity (Wildman–Crippen MR) is 192 cm³/mol. The van der Waals surface area contributed by atoms with Crippen LogP contribution in [0.2, 0.25) is 0 Å². The van der Waals surface area contributed by atoms with Crippen LogP contribution in [0.1, 0.15) is 0 Å². The zero-order valence-corrected chi connectivity index (χ0v) is 24.9. The van der Waals surface area contributed by atoms with E-state index in [1.54, 1.807) is 0 Å². The zero-order valence-electron chi connectivity index (χ0n) is 24.9. The summed E-state index contributed by atoms with van der Waals surface area (Å²) in [5.74, 6) is 1.96. The molecule has 0 unspecified atom stereocenters.